The largest absolute Gasteiger partial charge is 0.334 e. The summed E-state index contributed by atoms with van der Waals surface area (Å²) >= 11 is 0. The molecule has 0 aromatic heterocycles. The van der Waals surface area contributed by atoms with Gasteiger partial charge in [-0.1, -0.05) is 6.92 Å². The standard InChI is InChI=1S/C15H20F2N2O/c1-9-4-3-5-19(14(9)8-18)15(20)11-7-12(16)10(2)6-13(11)17/h6-7,9,14H,3-5,8,18H2,1-2H3/t9-,14+/m1/s1. The molecule has 1 aliphatic heterocycles. The molecule has 0 radical (unpaired) electrons. The molecule has 0 aliphatic carbocycles. The van der Waals surface area contributed by atoms with Crippen LogP contribution in [0.3, 0.4) is 0 Å². The Morgan fingerprint density at radius 2 is 2.10 bits per heavy atom. The Kier molecular flexibility index (Phi) is 4.38. The van der Waals surface area contributed by atoms with Crippen molar-refractivity contribution in [1.29, 1.82) is 0 Å². The van der Waals surface area contributed by atoms with E-state index in [1.165, 1.54) is 6.92 Å². The smallest absolute Gasteiger partial charge is 0.257 e. The van der Waals surface area contributed by atoms with Crippen LogP contribution in [0, 0.1) is 24.5 Å². The Bertz CT molecular complexity index is 519. The third-order valence-electron chi connectivity index (χ3n) is 4.10. The van der Waals surface area contributed by atoms with E-state index < -0.39 is 17.5 Å². The monoisotopic (exact) mass is 282 g/mol. The maximum absolute atomic E-state index is 13.9. The zero-order valence-corrected chi connectivity index (χ0v) is 11.8. The number of carbonyl (C=O) groups is 1. The van der Waals surface area contributed by atoms with E-state index in [1.807, 2.05) is 6.92 Å². The maximum Gasteiger partial charge on any atom is 0.257 e. The quantitative estimate of drug-likeness (QED) is 0.905. The zero-order chi connectivity index (χ0) is 14.9. The first-order chi connectivity index (χ1) is 9.45. The average molecular weight is 282 g/mol. The number of amides is 1. The number of piperidine rings is 1. The third kappa shape index (κ3) is 2.68. The van der Waals surface area contributed by atoms with Crippen LogP contribution >= 0.6 is 0 Å². The molecular weight excluding hydrogens is 262 g/mol. The van der Waals surface area contributed by atoms with Crippen LogP contribution in [-0.4, -0.2) is 29.9 Å². The molecule has 2 atom stereocenters. The topological polar surface area (TPSA) is 46.3 Å². The number of carbonyl (C=O) groups excluding carboxylic acids is 1. The summed E-state index contributed by atoms with van der Waals surface area (Å²) in [5, 5.41) is 0. The minimum Gasteiger partial charge on any atom is -0.334 e. The second kappa shape index (κ2) is 5.87. The van der Waals surface area contributed by atoms with Crippen LogP contribution in [0.2, 0.25) is 0 Å². The summed E-state index contributed by atoms with van der Waals surface area (Å²) in [4.78, 5) is 14.0. The second-order valence-corrected chi connectivity index (χ2v) is 5.50. The van der Waals surface area contributed by atoms with Crippen molar-refractivity contribution >= 4 is 5.91 Å². The Labute approximate surface area is 117 Å². The van der Waals surface area contributed by atoms with Gasteiger partial charge < -0.3 is 10.6 Å². The minimum absolute atomic E-state index is 0.111. The van der Waals surface area contributed by atoms with E-state index in [0.717, 1.165) is 25.0 Å². The number of rotatable bonds is 2. The highest BCUT2D eigenvalue weighted by Gasteiger charge is 2.32. The lowest BCUT2D eigenvalue weighted by Crippen LogP contribution is -2.51. The number of nitrogens with zero attached hydrogens (tertiary/aromatic N) is 1. The summed E-state index contributed by atoms with van der Waals surface area (Å²) in [5.74, 6) is -1.44. The first kappa shape index (κ1) is 14.9. The fraction of sp³-hybridized carbons (Fsp3) is 0.533. The van der Waals surface area contributed by atoms with Crippen molar-refractivity contribution in [3.05, 3.63) is 34.9 Å². The lowest BCUT2D eigenvalue weighted by molar-refractivity contribution is 0.0527. The molecule has 0 saturated carbocycles. The molecule has 1 heterocycles. The molecular formula is C15H20F2N2O. The molecule has 0 unspecified atom stereocenters. The predicted molar refractivity (Wildman–Crippen MR) is 73.4 cm³/mol. The fourth-order valence-electron chi connectivity index (χ4n) is 2.83. The lowest BCUT2D eigenvalue weighted by atomic mass is 9.90. The number of nitrogens with two attached hydrogens (primary N) is 1. The summed E-state index contributed by atoms with van der Waals surface area (Å²) < 4.78 is 27.5. The number of aryl methyl sites for hydroxylation is 1. The van der Waals surface area contributed by atoms with Gasteiger partial charge in [0.2, 0.25) is 0 Å². The highest BCUT2D eigenvalue weighted by atomic mass is 19.1. The lowest BCUT2D eigenvalue weighted by Gasteiger charge is -2.39. The van der Waals surface area contributed by atoms with Crippen LogP contribution in [0.1, 0.15) is 35.7 Å². The fourth-order valence-corrected chi connectivity index (χ4v) is 2.83. The van der Waals surface area contributed by atoms with Gasteiger partial charge in [0, 0.05) is 19.1 Å². The molecule has 1 saturated heterocycles. The van der Waals surface area contributed by atoms with E-state index >= 15 is 0 Å². The first-order valence-electron chi connectivity index (χ1n) is 6.92. The Balaban J connectivity index is 2.33. The SMILES string of the molecule is Cc1cc(F)c(C(=O)N2CCC[C@@H](C)[C@@H]2CN)cc1F. The van der Waals surface area contributed by atoms with Crippen LogP contribution in [0.4, 0.5) is 8.78 Å². The molecule has 20 heavy (non-hydrogen) atoms. The number of likely N-dealkylation sites (tertiary alicyclic amines) is 1. The van der Waals surface area contributed by atoms with Crippen LogP contribution in [0.15, 0.2) is 12.1 Å². The van der Waals surface area contributed by atoms with Crippen LogP contribution in [-0.2, 0) is 0 Å². The summed E-state index contributed by atoms with van der Waals surface area (Å²) in [6, 6.07) is 1.94. The van der Waals surface area contributed by atoms with E-state index in [-0.39, 0.29) is 23.1 Å². The van der Waals surface area contributed by atoms with Crippen molar-refractivity contribution < 1.29 is 13.6 Å². The highest BCUT2D eigenvalue weighted by molar-refractivity contribution is 5.95. The minimum atomic E-state index is -0.678. The summed E-state index contributed by atoms with van der Waals surface area (Å²) in [6.45, 7) is 4.38. The predicted octanol–water partition coefficient (Wildman–Crippen LogP) is 2.47. The van der Waals surface area contributed by atoms with Crippen LogP contribution in [0.25, 0.3) is 0 Å². The molecule has 1 fully saturated rings. The third-order valence-corrected chi connectivity index (χ3v) is 4.10. The molecule has 1 amide bonds. The average Bonchev–Trinajstić information content (AvgIpc) is 2.41. The van der Waals surface area contributed by atoms with Gasteiger partial charge in [-0.25, -0.2) is 8.78 Å². The first-order valence-corrected chi connectivity index (χ1v) is 6.92. The van der Waals surface area contributed by atoms with Gasteiger partial charge >= 0.3 is 0 Å². The van der Waals surface area contributed by atoms with Gasteiger partial charge in [0.05, 0.1) is 5.56 Å². The molecule has 0 spiro atoms. The van der Waals surface area contributed by atoms with Crippen LogP contribution < -0.4 is 5.73 Å². The van der Waals surface area contributed by atoms with Crippen molar-refractivity contribution in [3.8, 4) is 0 Å². The zero-order valence-electron chi connectivity index (χ0n) is 11.8. The molecule has 5 heteroatoms. The maximum atomic E-state index is 13.9. The van der Waals surface area contributed by atoms with Gasteiger partial charge in [0.1, 0.15) is 11.6 Å². The Hall–Kier alpha value is -1.49. The number of hydrogen-bond acceptors (Lipinski definition) is 2. The summed E-state index contributed by atoms with van der Waals surface area (Å²) in [6.07, 6.45) is 1.86. The normalized spacial score (nSPS) is 22.9. The summed E-state index contributed by atoms with van der Waals surface area (Å²) in [5.41, 5.74) is 5.72. The van der Waals surface area contributed by atoms with Crippen molar-refractivity contribution in [2.75, 3.05) is 13.1 Å². The van der Waals surface area contributed by atoms with Crippen molar-refractivity contribution in [3.63, 3.8) is 0 Å². The molecule has 0 bridgehead atoms. The summed E-state index contributed by atoms with van der Waals surface area (Å²) in [7, 11) is 0. The van der Waals surface area contributed by atoms with Gasteiger partial charge in [-0.15, -0.1) is 0 Å². The molecule has 1 aromatic rings. The van der Waals surface area contributed by atoms with Gasteiger partial charge in [-0.2, -0.15) is 0 Å². The van der Waals surface area contributed by atoms with Crippen molar-refractivity contribution in [1.82, 2.24) is 4.90 Å². The van der Waals surface area contributed by atoms with Crippen molar-refractivity contribution in [2.24, 2.45) is 11.7 Å². The van der Waals surface area contributed by atoms with E-state index in [2.05, 4.69) is 0 Å². The van der Waals surface area contributed by atoms with E-state index in [4.69, 9.17) is 5.73 Å². The molecule has 3 nitrogen and oxygen atoms in total. The molecule has 1 aliphatic rings. The molecule has 110 valence electrons. The number of hydrogen-bond donors (Lipinski definition) is 1. The molecule has 1 aromatic carbocycles. The van der Waals surface area contributed by atoms with E-state index in [1.54, 1.807) is 4.90 Å². The van der Waals surface area contributed by atoms with Crippen molar-refractivity contribution in [2.45, 2.75) is 32.7 Å². The highest BCUT2D eigenvalue weighted by Crippen LogP contribution is 2.25. The van der Waals surface area contributed by atoms with Crippen LogP contribution in [0.5, 0.6) is 0 Å². The van der Waals surface area contributed by atoms with Gasteiger partial charge in [0.15, 0.2) is 0 Å². The Morgan fingerprint density at radius 1 is 1.40 bits per heavy atom. The van der Waals surface area contributed by atoms with Gasteiger partial charge in [-0.3, -0.25) is 4.79 Å². The van der Waals surface area contributed by atoms with E-state index in [9.17, 15) is 13.6 Å². The molecule has 2 rings (SSSR count). The van der Waals surface area contributed by atoms with Gasteiger partial charge in [0.25, 0.3) is 5.91 Å². The van der Waals surface area contributed by atoms with Gasteiger partial charge in [-0.05, 0) is 43.4 Å². The number of benzene rings is 1. The van der Waals surface area contributed by atoms with E-state index in [0.29, 0.717) is 13.1 Å². The molecule has 2 N–H and O–H groups in total. The second-order valence-electron chi connectivity index (χ2n) is 5.50. The number of halogens is 2. The Morgan fingerprint density at radius 3 is 2.75 bits per heavy atom.